The molecule has 0 radical (unpaired) electrons. The molecule has 9 heteroatoms. The molecule has 0 amide bonds. The highest BCUT2D eigenvalue weighted by Crippen LogP contribution is 2.41. The van der Waals surface area contributed by atoms with E-state index in [1.807, 2.05) is 30.3 Å². The zero-order valence-electron chi connectivity index (χ0n) is 15.8. The molecular formula is C20H19N3O5S. The second kappa shape index (κ2) is 8.27. The van der Waals surface area contributed by atoms with Crippen LogP contribution in [0.1, 0.15) is 31.0 Å². The van der Waals surface area contributed by atoms with Crippen LogP contribution in [0, 0.1) is 10.1 Å². The number of nitrogens with one attached hydrogen (secondary N) is 2. The summed E-state index contributed by atoms with van der Waals surface area (Å²) in [5.41, 5.74) is 1.51. The summed E-state index contributed by atoms with van der Waals surface area (Å²) >= 11 is 5.31. The van der Waals surface area contributed by atoms with Gasteiger partial charge in [0.1, 0.15) is 0 Å². The maximum absolute atomic E-state index is 12.6. The van der Waals surface area contributed by atoms with Crippen molar-refractivity contribution in [2.24, 2.45) is 0 Å². The van der Waals surface area contributed by atoms with Gasteiger partial charge < -0.3 is 20.5 Å². The second-order valence-corrected chi connectivity index (χ2v) is 6.73. The van der Waals surface area contributed by atoms with E-state index in [2.05, 4.69) is 10.6 Å². The van der Waals surface area contributed by atoms with Crippen LogP contribution in [0.4, 0.5) is 5.69 Å². The molecule has 0 aromatic heterocycles. The summed E-state index contributed by atoms with van der Waals surface area (Å²) in [5.74, 6) is -0.828. The molecule has 2 aromatic carbocycles. The predicted molar refractivity (Wildman–Crippen MR) is 112 cm³/mol. The lowest BCUT2D eigenvalue weighted by atomic mass is 9.90. The summed E-state index contributed by atoms with van der Waals surface area (Å²) in [6, 6.07) is 11.1. The van der Waals surface area contributed by atoms with E-state index in [9.17, 15) is 20.0 Å². The number of benzene rings is 2. The SMILES string of the molecule is CCOc1cc(C2NC(=S)NC(c3ccccc3)=C2C(C)=O)cc([N+](=O)[O-])c1O. The van der Waals surface area contributed by atoms with Crippen molar-refractivity contribution in [2.45, 2.75) is 19.9 Å². The molecule has 8 nitrogen and oxygen atoms in total. The minimum atomic E-state index is -0.755. The minimum Gasteiger partial charge on any atom is -0.500 e. The van der Waals surface area contributed by atoms with Crippen LogP contribution in [-0.4, -0.2) is 27.5 Å². The molecule has 1 aliphatic rings. The number of thiocarbonyl (C=S) groups is 1. The van der Waals surface area contributed by atoms with E-state index in [0.29, 0.717) is 16.8 Å². The Hall–Kier alpha value is -3.46. The standard InChI is InChI=1S/C20H19N3O5S/c1-3-28-15-10-13(9-14(19(15)25)23(26)27)18-16(11(2)24)17(21-20(29)22-18)12-7-5-4-6-8-12/h4-10,18,25H,3H2,1-2H3,(H2,21,22,29). The van der Waals surface area contributed by atoms with Gasteiger partial charge >= 0.3 is 5.69 Å². The summed E-state index contributed by atoms with van der Waals surface area (Å²) in [6.07, 6.45) is 0. The Labute approximate surface area is 172 Å². The third-order valence-electron chi connectivity index (χ3n) is 4.42. The third kappa shape index (κ3) is 4.04. The normalized spacial score (nSPS) is 16.1. The summed E-state index contributed by atoms with van der Waals surface area (Å²) in [6.45, 7) is 3.32. The lowest BCUT2D eigenvalue weighted by Crippen LogP contribution is -2.44. The molecule has 1 heterocycles. The maximum atomic E-state index is 12.6. The van der Waals surface area contributed by atoms with Crippen molar-refractivity contribution in [2.75, 3.05) is 6.61 Å². The van der Waals surface area contributed by atoms with Crippen molar-refractivity contribution >= 4 is 34.5 Å². The fourth-order valence-corrected chi connectivity index (χ4v) is 3.43. The van der Waals surface area contributed by atoms with Crippen LogP contribution in [0.15, 0.2) is 48.0 Å². The lowest BCUT2D eigenvalue weighted by Gasteiger charge is -2.31. The zero-order chi connectivity index (χ0) is 21.1. The monoisotopic (exact) mass is 413 g/mol. The lowest BCUT2D eigenvalue weighted by molar-refractivity contribution is -0.386. The van der Waals surface area contributed by atoms with E-state index in [1.54, 1.807) is 6.92 Å². The number of hydrogen-bond donors (Lipinski definition) is 3. The molecule has 1 unspecified atom stereocenters. The van der Waals surface area contributed by atoms with Gasteiger partial charge in [-0.15, -0.1) is 0 Å². The smallest absolute Gasteiger partial charge is 0.315 e. The number of aromatic hydroxyl groups is 1. The van der Waals surface area contributed by atoms with Gasteiger partial charge in [0, 0.05) is 11.6 Å². The van der Waals surface area contributed by atoms with Crippen LogP contribution < -0.4 is 15.4 Å². The van der Waals surface area contributed by atoms with Crippen LogP contribution in [-0.2, 0) is 4.79 Å². The first-order valence-corrected chi connectivity index (χ1v) is 9.26. The topological polar surface area (TPSA) is 114 Å². The molecular weight excluding hydrogens is 394 g/mol. The van der Waals surface area contributed by atoms with Gasteiger partial charge in [0.2, 0.25) is 5.75 Å². The van der Waals surface area contributed by atoms with Gasteiger partial charge in [0.15, 0.2) is 16.6 Å². The van der Waals surface area contributed by atoms with Gasteiger partial charge in [0.05, 0.1) is 23.3 Å². The molecule has 1 aliphatic heterocycles. The van der Waals surface area contributed by atoms with Crippen LogP contribution in [0.3, 0.4) is 0 Å². The number of rotatable bonds is 6. The van der Waals surface area contributed by atoms with Crippen molar-refractivity contribution in [1.82, 2.24) is 10.6 Å². The summed E-state index contributed by atoms with van der Waals surface area (Å²) in [7, 11) is 0. The van der Waals surface area contributed by atoms with Gasteiger partial charge in [-0.05, 0) is 43.3 Å². The number of hydrogen-bond acceptors (Lipinski definition) is 6. The van der Waals surface area contributed by atoms with Crippen molar-refractivity contribution in [3.8, 4) is 11.5 Å². The Morgan fingerprint density at radius 2 is 2.00 bits per heavy atom. The number of ketones is 1. The van der Waals surface area contributed by atoms with E-state index in [0.717, 1.165) is 5.56 Å². The van der Waals surface area contributed by atoms with Gasteiger partial charge in [-0.1, -0.05) is 30.3 Å². The first-order valence-electron chi connectivity index (χ1n) is 8.85. The average molecular weight is 413 g/mol. The summed E-state index contributed by atoms with van der Waals surface area (Å²) < 4.78 is 5.36. The van der Waals surface area contributed by atoms with Crippen LogP contribution >= 0.6 is 12.2 Å². The highest BCUT2D eigenvalue weighted by atomic mass is 32.1. The molecule has 0 saturated carbocycles. The predicted octanol–water partition coefficient (Wildman–Crippen LogP) is 3.22. The number of Topliss-reactive ketones (excluding diaryl/α,β-unsaturated/α-hetero) is 1. The Kier molecular flexibility index (Phi) is 5.79. The van der Waals surface area contributed by atoms with Gasteiger partial charge in [0.25, 0.3) is 0 Å². The van der Waals surface area contributed by atoms with E-state index < -0.39 is 22.4 Å². The second-order valence-electron chi connectivity index (χ2n) is 6.32. The van der Waals surface area contributed by atoms with Gasteiger partial charge in [-0.25, -0.2) is 0 Å². The first kappa shape index (κ1) is 20.3. The van der Waals surface area contributed by atoms with Gasteiger partial charge in [-0.2, -0.15) is 0 Å². The van der Waals surface area contributed by atoms with Crippen molar-refractivity contribution in [3.05, 3.63) is 69.3 Å². The number of nitro benzene ring substituents is 1. The van der Waals surface area contributed by atoms with Crippen LogP contribution in [0.5, 0.6) is 11.5 Å². The highest BCUT2D eigenvalue weighted by molar-refractivity contribution is 7.80. The van der Waals surface area contributed by atoms with E-state index >= 15 is 0 Å². The number of ether oxygens (including phenoxy) is 1. The molecule has 0 fully saturated rings. The number of carbonyl (C=O) groups excluding carboxylic acids is 1. The van der Waals surface area contributed by atoms with E-state index in [4.69, 9.17) is 17.0 Å². The minimum absolute atomic E-state index is 0.0351. The van der Waals surface area contributed by atoms with Gasteiger partial charge in [-0.3, -0.25) is 14.9 Å². The summed E-state index contributed by atoms with van der Waals surface area (Å²) in [4.78, 5) is 23.3. The largest absolute Gasteiger partial charge is 0.500 e. The average Bonchev–Trinajstić information content (AvgIpc) is 2.69. The Bertz CT molecular complexity index is 1020. The van der Waals surface area contributed by atoms with Crippen LogP contribution in [0.25, 0.3) is 5.70 Å². The Morgan fingerprint density at radius 3 is 2.59 bits per heavy atom. The molecule has 0 spiro atoms. The fourth-order valence-electron chi connectivity index (χ4n) is 3.21. The molecule has 0 aliphatic carbocycles. The molecule has 0 saturated heterocycles. The maximum Gasteiger partial charge on any atom is 0.315 e. The molecule has 2 aromatic rings. The molecule has 3 N–H and O–H groups in total. The summed E-state index contributed by atoms with van der Waals surface area (Å²) in [5, 5.41) is 27.9. The first-order chi connectivity index (χ1) is 13.8. The van der Waals surface area contributed by atoms with Crippen LogP contribution in [0.2, 0.25) is 0 Å². The Morgan fingerprint density at radius 1 is 1.31 bits per heavy atom. The van der Waals surface area contributed by atoms with Crippen molar-refractivity contribution in [3.63, 3.8) is 0 Å². The number of carbonyl (C=O) groups is 1. The molecule has 29 heavy (non-hydrogen) atoms. The number of phenols is 1. The number of phenolic OH excluding ortho intramolecular Hbond substituents is 1. The quantitative estimate of drug-likeness (QED) is 0.376. The van der Waals surface area contributed by atoms with E-state index in [1.165, 1.54) is 19.1 Å². The molecule has 150 valence electrons. The molecule has 3 rings (SSSR count). The third-order valence-corrected chi connectivity index (χ3v) is 4.64. The highest BCUT2D eigenvalue weighted by Gasteiger charge is 2.33. The fraction of sp³-hybridized carbons (Fsp3) is 0.200. The molecule has 0 bridgehead atoms. The van der Waals surface area contributed by atoms with Crippen molar-refractivity contribution < 1.29 is 19.6 Å². The van der Waals surface area contributed by atoms with E-state index in [-0.39, 0.29) is 23.3 Å². The number of nitrogens with zero attached hydrogens (tertiary/aromatic N) is 1. The zero-order valence-corrected chi connectivity index (χ0v) is 16.6. The Balaban J connectivity index is 2.24. The number of nitro groups is 1. The molecule has 1 atom stereocenters. The van der Waals surface area contributed by atoms with Crippen molar-refractivity contribution in [1.29, 1.82) is 0 Å².